The molecule has 1 aliphatic carbocycles. The van der Waals surface area contributed by atoms with Crippen LogP contribution in [0.3, 0.4) is 0 Å². The summed E-state index contributed by atoms with van der Waals surface area (Å²) in [5.74, 6) is 0.105. The van der Waals surface area contributed by atoms with E-state index in [2.05, 4.69) is 10.6 Å². The number of hydrogen-bond acceptors (Lipinski definition) is 2. The fourth-order valence-electron chi connectivity index (χ4n) is 2.61. The first-order valence-electron chi connectivity index (χ1n) is 6.24. The molecule has 1 aromatic carbocycles. The maximum absolute atomic E-state index is 12.1. The highest BCUT2D eigenvalue weighted by Gasteiger charge is 2.34. The molecule has 2 aliphatic rings. The molecule has 0 bridgehead atoms. The van der Waals surface area contributed by atoms with Crippen molar-refractivity contribution in [3.8, 4) is 0 Å². The van der Waals surface area contributed by atoms with E-state index in [1.165, 1.54) is 0 Å². The highest BCUT2D eigenvalue weighted by molar-refractivity contribution is 6.30. The maximum atomic E-state index is 12.1. The van der Waals surface area contributed by atoms with Crippen LogP contribution < -0.4 is 10.6 Å². The van der Waals surface area contributed by atoms with Crippen LogP contribution in [0.5, 0.6) is 0 Å². The predicted molar refractivity (Wildman–Crippen MR) is 71.7 cm³/mol. The summed E-state index contributed by atoms with van der Waals surface area (Å²) in [6, 6.07) is 6.58. The second kappa shape index (κ2) is 4.70. The lowest BCUT2D eigenvalue weighted by molar-refractivity contribution is -0.116. The number of benzene rings is 1. The van der Waals surface area contributed by atoms with Crippen molar-refractivity contribution in [3.05, 3.63) is 46.1 Å². The first-order chi connectivity index (χ1) is 9.15. The Kier molecular flexibility index (Phi) is 3.03. The lowest BCUT2D eigenvalue weighted by Crippen LogP contribution is -2.46. The molecule has 19 heavy (non-hydrogen) atoms. The third-order valence-corrected chi connectivity index (χ3v) is 3.74. The molecule has 1 heterocycles. The number of allylic oxidation sites excluding steroid dienone is 1. The minimum absolute atomic E-state index is 0.105. The zero-order chi connectivity index (χ0) is 13.4. The zero-order valence-corrected chi connectivity index (χ0v) is 11.0. The first-order valence-corrected chi connectivity index (χ1v) is 6.62. The molecule has 0 saturated heterocycles. The third kappa shape index (κ3) is 2.24. The van der Waals surface area contributed by atoms with Crippen LogP contribution >= 0.6 is 11.6 Å². The summed E-state index contributed by atoms with van der Waals surface area (Å²) in [5, 5.41) is 6.18. The first kappa shape index (κ1) is 12.2. The average Bonchev–Trinajstić information content (AvgIpc) is 2.38. The summed E-state index contributed by atoms with van der Waals surface area (Å²) in [4.78, 5) is 23.8. The fraction of sp³-hybridized carbons (Fsp3) is 0.286. The van der Waals surface area contributed by atoms with Crippen molar-refractivity contribution < 1.29 is 9.59 Å². The van der Waals surface area contributed by atoms with Crippen molar-refractivity contribution in [2.75, 3.05) is 0 Å². The molecule has 0 saturated carbocycles. The Morgan fingerprint density at radius 1 is 1.11 bits per heavy atom. The van der Waals surface area contributed by atoms with E-state index in [1.54, 1.807) is 12.1 Å². The van der Waals surface area contributed by atoms with Gasteiger partial charge in [-0.1, -0.05) is 23.7 Å². The van der Waals surface area contributed by atoms with Crippen molar-refractivity contribution in [3.63, 3.8) is 0 Å². The van der Waals surface area contributed by atoms with Gasteiger partial charge in [-0.25, -0.2) is 4.79 Å². The van der Waals surface area contributed by atoms with Crippen molar-refractivity contribution in [1.82, 2.24) is 10.6 Å². The summed E-state index contributed by atoms with van der Waals surface area (Å²) in [5.41, 5.74) is 2.33. The number of nitrogens with one attached hydrogen (secondary N) is 2. The smallest absolute Gasteiger partial charge is 0.319 e. The van der Waals surface area contributed by atoms with Gasteiger partial charge < -0.3 is 10.6 Å². The number of Topliss-reactive ketones (excluding diaryl/α,β-unsaturated/α-hetero) is 1. The lowest BCUT2D eigenvalue weighted by Gasteiger charge is -2.32. The maximum Gasteiger partial charge on any atom is 0.319 e. The molecule has 0 spiro atoms. The van der Waals surface area contributed by atoms with Crippen LogP contribution in [0, 0.1) is 0 Å². The van der Waals surface area contributed by atoms with Crippen LogP contribution in [0.1, 0.15) is 30.9 Å². The van der Waals surface area contributed by atoms with Gasteiger partial charge in [0.15, 0.2) is 5.78 Å². The number of rotatable bonds is 1. The van der Waals surface area contributed by atoms with Gasteiger partial charge in [-0.2, -0.15) is 0 Å². The van der Waals surface area contributed by atoms with Crippen LogP contribution in [0.2, 0.25) is 5.02 Å². The summed E-state index contributed by atoms with van der Waals surface area (Å²) in [6.45, 7) is 0. The number of amides is 2. The topological polar surface area (TPSA) is 58.2 Å². The molecule has 0 fully saturated rings. The minimum Gasteiger partial charge on any atom is -0.327 e. The average molecular weight is 277 g/mol. The molecule has 0 aromatic heterocycles. The molecule has 1 aromatic rings. The number of carbonyl (C=O) groups is 2. The zero-order valence-electron chi connectivity index (χ0n) is 10.2. The van der Waals surface area contributed by atoms with Crippen LogP contribution in [0.25, 0.3) is 0 Å². The van der Waals surface area contributed by atoms with E-state index in [0.29, 0.717) is 17.0 Å². The molecule has 0 radical (unpaired) electrons. The molecule has 2 N–H and O–H groups in total. The molecular formula is C14H13ClN2O2. The van der Waals surface area contributed by atoms with Gasteiger partial charge in [0, 0.05) is 22.7 Å². The highest BCUT2D eigenvalue weighted by Crippen LogP contribution is 2.33. The van der Waals surface area contributed by atoms with Crippen molar-refractivity contribution in [2.45, 2.75) is 25.3 Å². The van der Waals surface area contributed by atoms with E-state index in [1.807, 2.05) is 12.1 Å². The highest BCUT2D eigenvalue weighted by atomic mass is 35.5. The second-order valence-corrected chi connectivity index (χ2v) is 5.19. The van der Waals surface area contributed by atoms with Crippen LogP contribution in [0.15, 0.2) is 35.5 Å². The second-order valence-electron chi connectivity index (χ2n) is 4.75. The molecular weight excluding hydrogens is 264 g/mol. The molecule has 0 unspecified atom stereocenters. The van der Waals surface area contributed by atoms with E-state index in [9.17, 15) is 9.59 Å². The Morgan fingerprint density at radius 3 is 2.58 bits per heavy atom. The van der Waals surface area contributed by atoms with Gasteiger partial charge >= 0.3 is 6.03 Å². The van der Waals surface area contributed by atoms with E-state index in [4.69, 9.17) is 11.6 Å². The van der Waals surface area contributed by atoms with E-state index >= 15 is 0 Å². The van der Waals surface area contributed by atoms with Crippen LogP contribution in [0.4, 0.5) is 4.79 Å². The molecule has 1 atom stereocenters. The van der Waals surface area contributed by atoms with Crippen molar-refractivity contribution >= 4 is 23.4 Å². The van der Waals surface area contributed by atoms with Gasteiger partial charge in [0.05, 0.1) is 6.04 Å². The summed E-state index contributed by atoms with van der Waals surface area (Å²) in [7, 11) is 0. The Balaban J connectivity index is 2.05. The van der Waals surface area contributed by atoms with E-state index in [-0.39, 0.29) is 17.9 Å². The van der Waals surface area contributed by atoms with E-state index < -0.39 is 0 Å². The van der Waals surface area contributed by atoms with Gasteiger partial charge in [-0.05, 0) is 30.5 Å². The standard InChI is InChI=1S/C14H13ClN2O2/c15-9-6-4-8(5-7-9)13-12-10(16-14(19)17-13)2-1-3-11(12)18/h4-7,13H,1-3H2,(H2,16,17,19)/t13-/m1/s1. The molecule has 5 heteroatoms. The minimum atomic E-state index is -0.367. The Hall–Kier alpha value is -1.81. The number of hydrogen-bond donors (Lipinski definition) is 2. The Morgan fingerprint density at radius 2 is 1.84 bits per heavy atom. The monoisotopic (exact) mass is 276 g/mol. The van der Waals surface area contributed by atoms with Crippen molar-refractivity contribution in [2.24, 2.45) is 0 Å². The molecule has 4 nitrogen and oxygen atoms in total. The molecule has 1 aliphatic heterocycles. The summed E-state index contributed by atoms with van der Waals surface area (Å²) in [6.07, 6.45) is 2.09. The summed E-state index contributed by atoms with van der Waals surface area (Å²) >= 11 is 5.87. The normalized spacial score (nSPS) is 22.7. The largest absolute Gasteiger partial charge is 0.327 e. The van der Waals surface area contributed by atoms with Gasteiger partial charge in [-0.15, -0.1) is 0 Å². The van der Waals surface area contributed by atoms with Crippen LogP contribution in [-0.2, 0) is 4.79 Å². The number of carbonyl (C=O) groups excluding carboxylic acids is 2. The number of urea groups is 1. The third-order valence-electron chi connectivity index (χ3n) is 3.49. The quantitative estimate of drug-likeness (QED) is 0.828. The van der Waals surface area contributed by atoms with E-state index in [0.717, 1.165) is 24.1 Å². The van der Waals surface area contributed by atoms with Crippen molar-refractivity contribution in [1.29, 1.82) is 0 Å². The molecule has 2 amide bonds. The Labute approximate surface area is 115 Å². The summed E-state index contributed by atoms with van der Waals surface area (Å²) < 4.78 is 0. The number of halogens is 1. The SMILES string of the molecule is O=C1NC2=C(C(=O)CCC2)[C@@H](c2ccc(Cl)cc2)N1. The predicted octanol–water partition coefficient (Wildman–Crippen LogP) is 2.70. The van der Waals surface area contributed by atoms with Gasteiger partial charge in [-0.3, -0.25) is 4.79 Å². The lowest BCUT2D eigenvalue weighted by atomic mass is 9.85. The Bertz CT molecular complexity index is 578. The van der Waals surface area contributed by atoms with Gasteiger partial charge in [0.1, 0.15) is 0 Å². The number of ketones is 1. The fourth-order valence-corrected chi connectivity index (χ4v) is 2.74. The van der Waals surface area contributed by atoms with Gasteiger partial charge in [0.25, 0.3) is 0 Å². The molecule has 98 valence electrons. The molecule has 3 rings (SSSR count). The van der Waals surface area contributed by atoms with Crippen LogP contribution in [-0.4, -0.2) is 11.8 Å². The van der Waals surface area contributed by atoms with Gasteiger partial charge in [0.2, 0.25) is 0 Å².